The Balaban J connectivity index is 1.88. The van der Waals surface area contributed by atoms with Crippen LogP contribution in [0.4, 0.5) is 36.3 Å². The van der Waals surface area contributed by atoms with Gasteiger partial charge in [-0.1, -0.05) is 12.1 Å². The van der Waals surface area contributed by atoms with E-state index in [1.165, 1.54) is 0 Å². The lowest BCUT2D eigenvalue weighted by Crippen LogP contribution is -2.08. The van der Waals surface area contributed by atoms with Gasteiger partial charge in [0.15, 0.2) is 17.5 Å². The molecule has 0 saturated carbocycles. The molecule has 0 radical (unpaired) electrons. The molecule has 28 heavy (non-hydrogen) atoms. The molecular formula is C20H19F3N4O. The number of rotatable bonds is 6. The van der Waals surface area contributed by atoms with E-state index in [9.17, 15) is 13.2 Å². The molecule has 0 aliphatic rings. The lowest BCUT2D eigenvalue weighted by Gasteiger charge is -2.16. The Kier molecular flexibility index (Phi) is 5.67. The van der Waals surface area contributed by atoms with Crippen LogP contribution in [-0.2, 0) is 0 Å². The first-order chi connectivity index (χ1) is 13.3. The van der Waals surface area contributed by atoms with Crippen LogP contribution >= 0.6 is 0 Å². The van der Waals surface area contributed by atoms with Crippen LogP contribution in [0.3, 0.4) is 0 Å². The number of hydrogen-bond acceptors (Lipinski definition) is 5. The van der Waals surface area contributed by atoms with E-state index in [2.05, 4.69) is 20.6 Å². The topological polar surface area (TPSA) is 59.1 Å². The minimum absolute atomic E-state index is 0.0105. The van der Waals surface area contributed by atoms with Crippen molar-refractivity contribution in [3.05, 3.63) is 65.6 Å². The SMILES string of the molecule is Cc1cc(Nc2ccccc2OC(C)C)nc(Nc2ccc(F)c(F)c2F)n1. The van der Waals surface area contributed by atoms with Gasteiger partial charge in [0.2, 0.25) is 5.95 Å². The highest BCUT2D eigenvalue weighted by Gasteiger charge is 2.15. The van der Waals surface area contributed by atoms with Crippen molar-refractivity contribution in [2.24, 2.45) is 0 Å². The molecule has 0 aliphatic carbocycles. The van der Waals surface area contributed by atoms with Gasteiger partial charge in [-0.15, -0.1) is 0 Å². The van der Waals surface area contributed by atoms with E-state index in [0.29, 0.717) is 22.9 Å². The summed E-state index contributed by atoms with van der Waals surface area (Å²) in [5, 5.41) is 5.72. The quantitative estimate of drug-likeness (QED) is 0.548. The standard InChI is InChI=1S/C20H19F3N4O/c1-11(2)28-16-7-5-4-6-14(16)25-17-10-12(3)24-20(27-17)26-15-9-8-13(21)18(22)19(15)23/h4-11H,1-3H3,(H2,24,25,26,27). The van der Waals surface area contributed by atoms with Crippen LogP contribution in [-0.4, -0.2) is 16.1 Å². The number of halogens is 3. The van der Waals surface area contributed by atoms with Crippen molar-refractivity contribution >= 4 is 23.1 Å². The highest BCUT2D eigenvalue weighted by atomic mass is 19.2. The average molecular weight is 388 g/mol. The van der Waals surface area contributed by atoms with E-state index < -0.39 is 17.5 Å². The summed E-state index contributed by atoms with van der Waals surface area (Å²) in [6.07, 6.45) is -0.0105. The second-order valence-corrected chi connectivity index (χ2v) is 6.35. The molecule has 0 bridgehead atoms. The number of aromatic nitrogens is 2. The van der Waals surface area contributed by atoms with E-state index in [1.807, 2.05) is 38.1 Å². The Hall–Kier alpha value is -3.29. The molecule has 0 unspecified atom stereocenters. The summed E-state index contributed by atoms with van der Waals surface area (Å²) in [5.41, 5.74) is 1.02. The first kappa shape index (κ1) is 19.5. The van der Waals surface area contributed by atoms with E-state index in [0.717, 1.165) is 12.1 Å². The molecule has 5 nitrogen and oxygen atoms in total. The summed E-state index contributed by atoms with van der Waals surface area (Å²) >= 11 is 0. The maximum atomic E-state index is 13.9. The molecule has 0 saturated heterocycles. The second-order valence-electron chi connectivity index (χ2n) is 6.35. The molecule has 0 atom stereocenters. The van der Waals surface area contributed by atoms with Crippen LogP contribution in [0.2, 0.25) is 0 Å². The van der Waals surface area contributed by atoms with Crippen LogP contribution in [0.1, 0.15) is 19.5 Å². The predicted octanol–water partition coefficient (Wildman–Crippen LogP) is 5.48. The zero-order valence-corrected chi connectivity index (χ0v) is 15.6. The Labute approximate surface area is 160 Å². The van der Waals surface area contributed by atoms with Crippen molar-refractivity contribution in [2.45, 2.75) is 26.9 Å². The van der Waals surface area contributed by atoms with Gasteiger partial charge in [-0.2, -0.15) is 4.98 Å². The molecule has 1 heterocycles. The summed E-state index contributed by atoms with van der Waals surface area (Å²) in [6, 6.07) is 11.0. The van der Waals surface area contributed by atoms with Gasteiger partial charge in [-0.05, 0) is 45.0 Å². The maximum absolute atomic E-state index is 13.9. The lowest BCUT2D eigenvalue weighted by atomic mass is 10.2. The number of aryl methyl sites for hydroxylation is 1. The summed E-state index contributed by atoms with van der Waals surface area (Å²) in [4.78, 5) is 8.42. The molecule has 0 aliphatic heterocycles. The minimum Gasteiger partial charge on any atom is -0.489 e. The summed E-state index contributed by atoms with van der Waals surface area (Å²) in [5.74, 6) is -3.05. The third-order valence-electron chi connectivity index (χ3n) is 3.65. The second kappa shape index (κ2) is 8.16. The lowest BCUT2D eigenvalue weighted by molar-refractivity contribution is 0.244. The van der Waals surface area contributed by atoms with Crippen LogP contribution in [0, 0.1) is 24.4 Å². The first-order valence-corrected chi connectivity index (χ1v) is 8.62. The smallest absolute Gasteiger partial charge is 0.229 e. The van der Waals surface area contributed by atoms with Crippen molar-refractivity contribution in [2.75, 3.05) is 10.6 Å². The number of nitrogens with zero attached hydrogens (tertiary/aromatic N) is 2. The Morgan fingerprint density at radius 3 is 2.39 bits per heavy atom. The zero-order valence-electron chi connectivity index (χ0n) is 15.6. The minimum atomic E-state index is -1.56. The van der Waals surface area contributed by atoms with Gasteiger partial charge in [0.25, 0.3) is 0 Å². The van der Waals surface area contributed by atoms with Gasteiger partial charge in [0, 0.05) is 11.8 Å². The molecule has 3 rings (SSSR count). The third kappa shape index (κ3) is 4.51. The average Bonchev–Trinajstić information content (AvgIpc) is 2.63. The van der Waals surface area contributed by atoms with Gasteiger partial charge in [0.05, 0.1) is 17.5 Å². The van der Waals surface area contributed by atoms with Gasteiger partial charge < -0.3 is 15.4 Å². The van der Waals surface area contributed by atoms with Crippen LogP contribution < -0.4 is 15.4 Å². The number of anilines is 4. The van der Waals surface area contributed by atoms with Gasteiger partial charge in [0.1, 0.15) is 11.6 Å². The van der Waals surface area contributed by atoms with E-state index in [4.69, 9.17) is 4.74 Å². The third-order valence-corrected chi connectivity index (χ3v) is 3.65. The van der Waals surface area contributed by atoms with E-state index >= 15 is 0 Å². The van der Waals surface area contributed by atoms with Crippen molar-refractivity contribution in [3.63, 3.8) is 0 Å². The molecule has 146 valence electrons. The molecule has 2 N–H and O–H groups in total. The van der Waals surface area contributed by atoms with Crippen LogP contribution in [0.15, 0.2) is 42.5 Å². The molecule has 3 aromatic rings. The van der Waals surface area contributed by atoms with Crippen LogP contribution in [0.5, 0.6) is 5.75 Å². The van der Waals surface area contributed by atoms with Gasteiger partial charge in [-0.3, -0.25) is 0 Å². The van der Waals surface area contributed by atoms with Crippen molar-refractivity contribution in [1.29, 1.82) is 0 Å². The van der Waals surface area contributed by atoms with E-state index in [1.54, 1.807) is 13.0 Å². The molecule has 2 aromatic carbocycles. The largest absolute Gasteiger partial charge is 0.489 e. The molecule has 8 heteroatoms. The Bertz CT molecular complexity index is 995. The number of benzene rings is 2. The van der Waals surface area contributed by atoms with Gasteiger partial charge >= 0.3 is 0 Å². The summed E-state index contributed by atoms with van der Waals surface area (Å²) in [7, 11) is 0. The molecule has 0 spiro atoms. The highest BCUT2D eigenvalue weighted by Crippen LogP contribution is 2.29. The van der Waals surface area contributed by atoms with Crippen LogP contribution in [0.25, 0.3) is 0 Å². The van der Waals surface area contributed by atoms with Crippen molar-refractivity contribution in [3.8, 4) is 5.75 Å². The van der Waals surface area contributed by atoms with Gasteiger partial charge in [-0.25, -0.2) is 18.2 Å². The zero-order chi connectivity index (χ0) is 20.3. The fourth-order valence-corrected chi connectivity index (χ4v) is 2.50. The fraction of sp³-hybridized carbons (Fsp3) is 0.200. The first-order valence-electron chi connectivity index (χ1n) is 8.62. The van der Waals surface area contributed by atoms with E-state index in [-0.39, 0.29) is 17.7 Å². The monoisotopic (exact) mass is 388 g/mol. The number of ether oxygens (including phenoxy) is 1. The Morgan fingerprint density at radius 1 is 0.893 bits per heavy atom. The number of hydrogen-bond donors (Lipinski definition) is 2. The number of para-hydroxylation sites is 2. The normalized spacial score (nSPS) is 10.8. The summed E-state index contributed by atoms with van der Waals surface area (Å²) < 4.78 is 46.2. The maximum Gasteiger partial charge on any atom is 0.229 e. The fourth-order valence-electron chi connectivity index (χ4n) is 2.50. The van der Waals surface area contributed by atoms with Crippen molar-refractivity contribution < 1.29 is 17.9 Å². The van der Waals surface area contributed by atoms with Crippen molar-refractivity contribution in [1.82, 2.24) is 9.97 Å². The predicted molar refractivity (Wildman–Crippen MR) is 102 cm³/mol. The number of nitrogens with one attached hydrogen (secondary N) is 2. The summed E-state index contributed by atoms with van der Waals surface area (Å²) in [6.45, 7) is 5.57. The molecular weight excluding hydrogens is 369 g/mol. The molecule has 0 fully saturated rings. The molecule has 1 aromatic heterocycles. The highest BCUT2D eigenvalue weighted by molar-refractivity contribution is 5.65. The Morgan fingerprint density at radius 2 is 1.64 bits per heavy atom. The molecule has 0 amide bonds.